The molecular formula is C10H18O5. The molecule has 0 aromatic heterocycles. The monoisotopic (exact) mass is 218 g/mol. The Morgan fingerprint density at radius 3 is 2.60 bits per heavy atom. The summed E-state index contributed by atoms with van der Waals surface area (Å²) in [5, 5.41) is 18.1. The summed E-state index contributed by atoms with van der Waals surface area (Å²) in [4.78, 5) is 11.0. The van der Waals surface area contributed by atoms with E-state index < -0.39 is 11.8 Å². The fourth-order valence-electron chi connectivity index (χ4n) is 0.721. The Balaban J connectivity index is 3.82. The van der Waals surface area contributed by atoms with Crippen molar-refractivity contribution in [2.24, 2.45) is 0 Å². The van der Waals surface area contributed by atoms with Gasteiger partial charge < -0.3 is 19.7 Å². The molecule has 0 radical (unpaired) electrons. The SMILES string of the molecule is C=C(C)C(=O)OCC(C)(O)OCCCO. The second kappa shape index (κ2) is 6.55. The summed E-state index contributed by atoms with van der Waals surface area (Å²) in [5.74, 6) is -2.10. The fraction of sp³-hybridized carbons (Fsp3) is 0.700. The molecule has 5 nitrogen and oxygen atoms in total. The lowest BCUT2D eigenvalue weighted by Crippen LogP contribution is -2.35. The molecule has 0 heterocycles. The van der Waals surface area contributed by atoms with Gasteiger partial charge in [0.25, 0.3) is 0 Å². The zero-order valence-electron chi connectivity index (χ0n) is 9.15. The number of carbonyl (C=O) groups is 1. The van der Waals surface area contributed by atoms with Crippen molar-refractivity contribution in [3.05, 3.63) is 12.2 Å². The summed E-state index contributed by atoms with van der Waals surface area (Å²) in [5.41, 5.74) is 0.265. The highest BCUT2D eigenvalue weighted by molar-refractivity contribution is 5.86. The fourth-order valence-corrected chi connectivity index (χ4v) is 0.721. The van der Waals surface area contributed by atoms with Crippen LogP contribution in [0.3, 0.4) is 0 Å². The molecule has 1 unspecified atom stereocenters. The first kappa shape index (κ1) is 14.1. The molecule has 0 rings (SSSR count). The minimum atomic E-state index is -1.53. The smallest absolute Gasteiger partial charge is 0.333 e. The maximum absolute atomic E-state index is 11.0. The van der Waals surface area contributed by atoms with E-state index >= 15 is 0 Å². The molecule has 0 saturated carbocycles. The number of rotatable bonds is 7. The molecule has 0 aromatic carbocycles. The van der Waals surface area contributed by atoms with Crippen molar-refractivity contribution in [1.82, 2.24) is 0 Å². The molecule has 0 bridgehead atoms. The molecule has 15 heavy (non-hydrogen) atoms. The van der Waals surface area contributed by atoms with Gasteiger partial charge in [-0.25, -0.2) is 4.79 Å². The van der Waals surface area contributed by atoms with E-state index in [9.17, 15) is 9.90 Å². The van der Waals surface area contributed by atoms with E-state index in [4.69, 9.17) is 14.6 Å². The maximum Gasteiger partial charge on any atom is 0.333 e. The van der Waals surface area contributed by atoms with Crippen LogP contribution < -0.4 is 0 Å². The third-order valence-corrected chi connectivity index (χ3v) is 1.54. The van der Waals surface area contributed by atoms with E-state index in [1.165, 1.54) is 13.8 Å². The van der Waals surface area contributed by atoms with Crippen LogP contribution in [0.25, 0.3) is 0 Å². The molecule has 0 saturated heterocycles. The second-order valence-electron chi connectivity index (χ2n) is 3.46. The summed E-state index contributed by atoms with van der Waals surface area (Å²) in [7, 11) is 0. The molecule has 88 valence electrons. The van der Waals surface area contributed by atoms with E-state index in [1.807, 2.05) is 0 Å². The molecule has 0 aromatic rings. The van der Waals surface area contributed by atoms with Gasteiger partial charge in [0.1, 0.15) is 6.61 Å². The lowest BCUT2D eigenvalue weighted by Gasteiger charge is -2.23. The number of aliphatic hydroxyl groups is 2. The lowest BCUT2D eigenvalue weighted by molar-refractivity contribution is -0.220. The van der Waals surface area contributed by atoms with Gasteiger partial charge in [-0.2, -0.15) is 0 Å². The average Bonchev–Trinajstić information content (AvgIpc) is 2.14. The molecular weight excluding hydrogens is 200 g/mol. The first-order chi connectivity index (χ1) is 6.89. The van der Waals surface area contributed by atoms with Crippen LogP contribution in [0, 0.1) is 0 Å². The highest BCUT2D eigenvalue weighted by atomic mass is 16.7. The third-order valence-electron chi connectivity index (χ3n) is 1.54. The van der Waals surface area contributed by atoms with E-state index in [2.05, 4.69) is 6.58 Å². The van der Waals surface area contributed by atoms with Gasteiger partial charge in [0.05, 0.1) is 6.61 Å². The van der Waals surface area contributed by atoms with Crippen molar-refractivity contribution in [1.29, 1.82) is 0 Å². The number of carbonyl (C=O) groups excluding carboxylic acids is 1. The van der Waals surface area contributed by atoms with Gasteiger partial charge in [-0.15, -0.1) is 0 Å². The van der Waals surface area contributed by atoms with Crippen molar-refractivity contribution in [2.45, 2.75) is 26.1 Å². The van der Waals surface area contributed by atoms with E-state index in [0.29, 0.717) is 6.42 Å². The van der Waals surface area contributed by atoms with Crippen molar-refractivity contribution in [3.8, 4) is 0 Å². The standard InChI is InChI=1S/C10H18O5/c1-8(2)9(12)14-7-10(3,13)15-6-4-5-11/h11,13H,1,4-7H2,2-3H3. The Bertz CT molecular complexity index is 222. The van der Waals surface area contributed by atoms with Gasteiger partial charge >= 0.3 is 5.97 Å². The molecule has 2 N–H and O–H groups in total. The van der Waals surface area contributed by atoms with Gasteiger partial charge in [-0.3, -0.25) is 0 Å². The first-order valence-corrected chi connectivity index (χ1v) is 4.69. The molecule has 1 atom stereocenters. The van der Waals surface area contributed by atoms with E-state index in [1.54, 1.807) is 0 Å². The number of hydrogen-bond donors (Lipinski definition) is 2. The van der Waals surface area contributed by atoms with Crippen LogP contribution in [0.1, 0.15) is 20.3 Å². The molecule has 0 aliphatic carbocycles. The minimum Gasteiger partial charge on any atom is -0.457 e. The quantitative estimate of drug-likeness (QED) is 0.276. The summed E-state index contributed by atoms with van der Waals surface area (Å²) in [6.07, 6.45) is 0.421. The summed E-state index contributed by atoms with van der Waals surface area (Å²) >= 11 is 0. The largest absolute Gasteiger partial charge is 0.457 e. The predicted octanol–water partition coefficient (Wildman–Crippen LogP) is 0.213. The van der Waals surface area contributed by atoms with Crippen LogP contribution in [0.15, 0.2) is 12.2 Å². The lowest BCUT2D eigenvalue weighted by atomic mass is 10.3. The van der Waals surface area contributed by atoms with Gasteiger partial charge in [-0.05, 0) is 20.3 Å². The Kier molecular flexibility index (Phi) is 6.15. The van der Waals surface area contributed by atoms with Crippen LogP contribution in [0.4, 0.5) is 0 Å². The van der Waals surface area contributed by atoms with Crippen molar-refractivity contribution >= 4 is 5.97 Å². The van der Waals surface area contributed by atoms with Gasteiger partial charge in [0.15, 0.2) is 5.79 Å². The minimum absolute atomic E-state index is 0.0123. The number of ether oxygens (including phenoxy) is 2. The van der Waals surface area contributed by atoms with E-state index in [-0.39, 0.29) is 25.4 Å². The summed E-state index contributed by atoms with van der Waals surface area (Å²) in [6.45, 7) is 6.23. The van der Waals surface area contributed by atoms with Crippen LogP contribution in [0.5, 0.6) is 0 Å². The maximum atomic E-state index is 11.0. The van der Waals surface area contributed by atoms with Crippen LogP contribution in [0.2, 0.25) is 0 Å². The summed E-state index contributed by atoms with van der Waals surface area (Å²) < 4.78 is 9.71. The highest BCUT2D eigenvalue weighted by Gasteiger charge is 2.23. The molecule has 0 fully saturated rings. The Labute approximate surface area is 89.3 Å². The first-order valence-electron chi connectivity index (χ1n) is 4.69. The van der Waals surface area contributed by atoms with Crippen LogP contribution in [-0.2, 0) is 14.3 Å². The van der Waals surface area contributed by atoms with Crippen LogP contribution >= 0.6 is 0 Å². The predicted molar refractivity (Wildman–Crippen MR) is 54.1 cm³/mol. The Morgan fingerprint density at radius 1 is 1.53 bits per heavy atom. The third kappa shape index (κ3) is 7.07. The topological polar surface area (TPSA) is 76.0 Å². The molecule has 0 aliphatic heterocycles. The van der Waals surface area contributed by atoms with Gasteiger partial charge in [-0.1, -0.05) is 6.58 Å². The Morgan fingerprint density at radius 2 is 2.13 bits per heavy atom. The number of hydrogen-bond acceptors (Lipinski definition) is 5. The zero-order chi connectivity index (χ0) is 11.9. The zero-order valence-corrected chi connectivity index (χ0v) is 9.15. The van der Waals surface area contributed by atoms with Crippen molar-refractivity contribution in [2.75, 3.05) is 19.8 Å². The Hall–Kier alpha value is -0.910. The molecule has 0 spiro atoms. The normalized spacial score (nSPS) is 14.4. The van der Waals surface area contributed by atoms with Gasteiger partial charge in [0, 0.05) is 12.2 Å². The molecule has 0 amide bonds. The highest BCUT2D eigenvalue weighted by Crippen LogP contribution is 2.08. The van der Waals surface area contributed by atoms with Crippen molar-refractivity contribution < 1.29 is 24.5 Å². The molecule has 5 heteroatoms. The van der Waals surface area contributed by atoms with Gasteiger partial charge in [0.2, 0.25) is 0 Å². The molecule has 0 aliphatic rings. The van der Waals surface area contributed by atoms with Crippen LogP contribution in [-0.4, -0.2) is 41.8 Å². The average molecular weight is 218 g/mol. The van der Waals surface area contributed by atoms with E-state index in [0.717, 1.165) is 0 Å². The second-order valence-corrected chi connectivity index (χ2v) is 3.46. The number of esters is 1. The number of aliphatic hydroxyl groups excluding tert-OH is 1. The summed E-state index contributed by atoms with van der Waals surface area (Å²) in [6, 6.07) is 0. The van der Waals surface area contributed by atoms with Crippen molar-refractivity contribution in [3.63, 3.8) is 0 Å².